The zero-order valence-corrected chi connectivity index (χ0v) is 8.51. The summed E-state index contributed by atoms with van der Waals surface area (Å²) in [5.74, 6) is 0.156. The first kappa shape index (κ1) is 12.4. The largest absolute Gasteiger partial charge is 0.380 e. The van der Waals surface area contributed by atoms with Crippen molar-refractivity contribution in [3.63, 3.8) is 0 Å². The van der Waals surface area contributed by atoms with Gasteiger partial charge < -0.3 is 15.8 Å². The van der Waals surface area contributed by atoms with Crippen LogP contribution in [-0.4, -0.2) is 32.2 Å². The van der Waals surface area contributed by atoms with Gasteiger partial charge in [-0.15, -0.1) is 0 Å². The van der Waals surface area contributed by atoms with E-state index in [1.165, 1.54) is 0 Å². The first-order chi connectivity index (χ1) is 6.18. The van der Waals surface area contributed by atoms with E-state index in [9.17, 15) is 4.79 Å². The summed E-state index contributed by atoms with van der Waals surface area (Å²) in [6, 6.07) is 0. The van der Waals surface area contributed by atoms with Gasteiger partial charge >= 0.3 is 0 Å². The molecule has 0 bridgehead atoms. The lowest BCUT2D eigenvalue weighted by molar-refractivity contribution is -0.124. The smallest absolute Gasteiger partial charge is 0.222 e. The van der Waals surface area contributed by atoms with Crippen molar-refractivity contribution >= 4 is 5.91 Å². The minimum Gasteiger partial charge on any atom is -0.380 e. The minimum absolute atomic E-state index is 0.0601. The lowest BCUT2D eigenvalue weighted by atomic mass is 10.2. The molecule has 0 radical (unpaired) electrons. The summed E-state index contributed by atoms with van der Waals surface area (Å²) in [6.07, 6.45) is 0.846. The number of ether oxygens (including phenoxy) is 1. The van der Waals surface area contributed by atoms with Gasteiger partial charge in [0.25, 0.3) is 0 Å². The van der Waals surface area contributed by atoms with Crippen molar-refractivity contribution in [2.45, 2.75) is 20.3 Å². The molecule has 0 aromatic carbocycles. The van der Waals surface area contributed by atoms with Gasteiger partial charge in [0.15, 0.2) is 0 Å². The number of carbonyl (C=O) groups is 1. The molecule has 0 spiro atoms. The molecule has 0 aromatic heterocycles. The van der Waals surface area contributed by atoms with Crippen LogP contribution in [0, 0.1) is 5.92 Å². The van der Waals surface area contributed by atoms with E-state index in [1.54, 1.807) is 0 Å². The van der Waals surface area contributed by atoms with Gasteiger partial charge in [-0.2, -0.15) is 0 Å². The zero-order chi connectivity index (χ0) is 10.1. The molecule has 0 rings (SSSR count). The lowest BCUT2D eigenvalue weighted by Gasteiger charge is -2.07. The molecule has 0 aromatic rings. The zero-order valence-electron chi connectivity index (χ0n) is 8.51. The molecule has 0 fully saturated rings. The van der Waals surface area contributed by atoms with E-state index in [-0.39, 0.29) is 11.8 Å². The van der Waals surface area contributed by atoms with Gasteiger partial charge in [-0.25, -0.2) is 0 Å². The Morgan fingerprint density at radius 2 is 2.15 bits per heavy atom. The number of carbonyl (C=O) groups excluding carboxylic acids is 1. The standard InChI is InChI=1S/C9H20N2O2/c1-8(2)9(12)11-5-3-6-13-7-4-10/h8H,3-7,10H2,1-2H3,(H,11,12). The van der Waals surface area contributed by atoms with E-state index in [4.69, 9.17) is 10.5 Å². The van der Waals surface area contributed by atoms with Crippen LogP contribution in [0.2, 0.25) is 0 Å². The molecule has 0 aliphatic rings. The van der Waals surface area contributed by atoms with Crippen molar-refractivity contribution in [1.82, 2.24) is 5.32 Å². The summed E-state index contributed by atoms with van der Waals surface area (Å²) in [5, 5.41) is 2.81. The summed E-state index contributed by atoms with van der Waals surface area (Å²) in [6.45, 7) is 6.24. The molecule has 4 nitrogen and oxygen atoms in total. The van der Waals surface area contributed by atoms with Gasteiger partial charge in [0.1, 0.15) is 0 Å². The van der Waals surface area contributed by atoms with Crippen LogP contribution >= 0.6 is 0 Å². The molecule has 0 aliphatic heterocycles. The summed E-state index contributed by atoms with van der Waals surface area (Å²) >= 11 is 0. The molecule has 0 saturated carbocycles. The number of nitrogens with two attached hydrogens (primary N) is 1. The molecule has 0 atom stereocenters. The Morgan fingerprint density at radius 1 is 1.46 bits per heavy atom. The van der Waals surface area contributed by atoms with E-state index < -0.39 is 0 Å². The van der Waals surface area contributed by atoms with Crippen molar-refractivity contribution < 1.29 is 9.53 Å². The van der Waals surface area contributed by atoms with Crippen molar-refractivity contribution in [1.29, 1.82) is 0 Å². The molecule has 78 valence electrons. The van der Waals surface area contributed by atoms with Crippen molar-refractivity contribution in [3.05, 3.63) is 0 Å². The molecule has 0 heterocycles. The van der Waals surface area contributed by atoms with Gasteiger partial charge in [0, 0.05) is 25.6 Å². The molecule has 0 aliphatic carbocycles. The van der Waals surface area contributed by atoms with Crippen LogP contribution < -0.4 is 11.1 Å². The Morgan fingerprint density at radius 3 is 2.69 bits per heavy atom. The van der Waals surface area contributed by atoms with Gasteiger partial charge in [-0.05, 0) is 6.42 Å². The van der Waals surface area contributed by atoms with E-state index >= 15 is 0 Å². The highest BCUT2D eigenvalue weighted by atomic mass is 16.5. The molecular formula is C9H20N2O2. The number of rotatable bonds is 7. The van der Waals surface area contributed by atoms with E-state index in [0.29, 0.717) is 26.3 Å². The van der Waals surface area contributed by atoms with Gasteiger partial charge in [-0.3, -0.25) is 4.79 Å². The monoisotopic (exact) mass is 188 g/mol. The number of hydrogen-bond acceptors (Lipinski definition) is 3. The average Bonchev–Trinajstić information content (AvgIpc) is 2.10. The summed E-state index contributed by atoms with van der Waals surface area (Å²) in [7, 11) is 0. The van der Waals surface area contributed by atoms with Gasteiger partial charge in [0.05, 0.1) is 6.61 Å². The maximum absolute atomic E-state index is 11.1. The number of nitrogens with one attached hydrogen (secondary N) is 1. The van der Waals surface area contributed by atoms with Gasteiger partial charge in [0.2, 0.25) is 5.91 Å². The number of amides is 1. The maximum Gasteiger partial charge on any atom is 0.222 e. The van der Waals surface area contributed by atoms with Crippen LogP contribution in [0.3, 0.4) is 0 Å². The quantitative estimate of drug-likeness (QED) is 0.558. The third kappa shape index (κ3) is 7.74. The second kappa shape index (κ2) is 8.01. The predicted molar refractivity (Wildman–Crippen MR) is 52.3 cm³/mol. The van der Waals surface area contributed by atoms with Crippen molar-refractivity contribution in [2.24, 2.45) is 11.7 Å². The highest BCUT2D eigenvalue weighted by Gasteiger charge is 2.04. The molecular weight excluding hydrogens is 168 g/mol. The highest BCUT2D eigenvalue weighted by molar-refractivity contribution is 5.77. The predicted octanol–water partition coefficient (Wildman–Crippen LogP) is 0.124. The molecule has 1 amide bonds. The molecule has 13 heavy (non-hydrogen) atoms. The fraction of sp³-hybridized carbons (Fsp3) is 0.889. The topological polar surface area (TPSA) is 64.3 Å². The highest BCUT2D eigenvalue weighted by Crippen LogP contribution is 1.90. The normalized spacial score (nSPS) is 10.5. The molecule has 4 heteroatoms. The van der Waals surface area contributed by atoms with Crippen LogP contribution in [0.25, 0.3) is 0 Å². The summed E-state index contributed by atoms with van der Waals surface area (Å²) in [5.41, 5.74) is 5.24. The van der Waals surface area contributed by atoms with E-state index in [2.05, 4.69) is 5.32 Å². The van der Waals surface area contributed by atoms with Crippen LogP contribution in [-0.2, 0) is 9.53 Å². The molecule has 3 N–H and O–H groups in total. The fourth-order valence-corrected chi connectivity index (χ4v) is 0.775. The van der Waals surface area contributed by atoms with Crippen LogP contribution in [0.4, 0.5) is 0 Å². The Kier molecular flexibility index (Phi) is 7.63. The SMILES string of the molecule is CC(C)C(=O)NCCCOCCN. The Bertz CT molecular complexity index is 138. The van der Waals surface area contributed by atoms with Crippen molar-refractivity contribution in [3.8, 4) is 0 Å². The maximum atomic E-state index is 11.1. The summed E-state index contributed by atoms with van der Waals surface area (Å²) < 4.78 is 5.15. The fourth-order valence-electron chi connectivity index (χ4n) is 0.775. The summed E-state index contributed by atoms with van der Waals surface area (Å²) in [4.78, 5) is 11.1. The van der Waals surface area contributed by atoms with E-state index in [1.807, 2.05) is 13.8 Å². The Labute approximate surface area is 79.8 Å². The molecule has 0 saturated heterocycles. The first-order valence-corrected chi connectivity index (χ1v) is 4.74. The van der Waals surface area contributed by atoms with Crippen molar-refractivity contribution in [2.75, 3.05) is 26.3 Å². The number of hydrogen-bond donors (Lipinski definition) is 2. The van der Waals surface area contributed by atoms with Gasteiger partial charge in [-0.1, -0.05) is 13.8 Å². The molecule has 0 unspecified atom stereocenters. The van der Waals surface area contributed by atoms with E-state index in [0.717, 1.165) is 6.42 Å². The average molecular weight is 188 g/mol. The Balaban J connectivity index is 3.12. The lowest BCUT2D eigenvalue weighted by Crippen LogP contribution is -2.29. The first-order valence-electron chi connectivity index (χ1n) is 4.74. The second-order valence-corrected chi connectivity index (χ2v) is 3.20. The van der Waals surface area contributed by atoms with Crippen LogP contribution in [0.15, 0.2) is 0 Å². The Hall–Kier alpha value is -0.610. The van der Waals surface area contributed by atoms with Crippen LogP contribution in [0.5, 0.6) is 0 Å². The minimum atomic E-state index is 0.0601. The second-order valence-electron chi connectivity index (χ2n) is 3.20. The third-order valence-corrected chi connectivity index (χ3v) is 1.55. The third-order valence-electron chi connectivity index (χ3n) is 1.55. The van der Waals surface area contributed by atoms with Crippen LogP contribution in [0.1, 0.15) is 20.3 Å².